The second kappa shape index (κ2) is 8.59. The van der Waals surface area contributed by atoms with Crippen LogP contribution in [-0.4, -0.2) is 42.5 Å². The quantitative estimate of drug-likeness (QED) is 0.753. The van der Waals surface area contributed by atoms with Gasteiger partial charge in [0.15, 0.2) is 5.13 Å². The summed E-state index contributed by atoms with van der Waals surface area (Å²) in [5.74, 6) is 0.283. The van der Waals surface area contributed by atoms with E-state index in [0.717, 1.165) is 18.7 Å². The van der Waals surface area contributed by atoms with Gasteiger partial charge in [0.05, 0.1) is 18.8 Å². The molecule has 0 atom stereocenters. The first-order valence-electron chi connectivity index (χ1n) is 7.32. The fourth-order valence-electron chi connectivity index (χ4n) is 1.95. The molecule has 1 amide bonds. The van der Waals surface area contributed by atoms with Gasteiger partial charge in [-0.25, -0.2) is 9.37 Å². The number of hydrogen-bond donors (Lipinski definition) is 1. The number of anilines is 1. The standard InChI is InChI=1S/C16H20FN3O2S/c1-12-11-23-16(18-12)19-15(21)10-20(2)8-3-9-22-14-6-4-13(17)5-7-14/h4-7,11H,3,8-10H2,1-2H3,(H,18,19,21). The summed E-state index contributed by atoms with van der Waals surface area (Å²) in [5, 5.41) is 5.30. The van der Waals surface area contributed by atoms with E-state index in [1.165, 1.54) is 23.5 Å². The van der Waals surface area contributed by atoms with Crippen LogP contribution >= 0.6 is 11.3 Å². The molecule has 1 N–H and O–H groups in total. The van der Waals surface area contributed by atoms with Crippen molar-refractivity contribution in [2.45, 2.75) is 13.3 Å². The Morgan fingerprint density at radius 2 is 2.13 bits per heavy atom. The minimum absolute atomic E-state index is 0.0821. The van der Waals surface area contributed by atoms with E-state index in [1.54, 1.807) is 12.1 Å². The van der Waals surface area contributed by atoms with E-state index in [0.29, 0.717) is 24.0 Å². The monoisotopic (exact) mass is 337 g/mol. The number of likely N-dealkylation sites (N-methyl/N-ethyl adjacent to an activating group) is 1. The average Bonchev–Trinajstić information content (AvgIpc) is 2.90. The normalized spacial score (nSPS) is 10.8. The molecule has 0 fully saturated rings. The van der Waals surface area contributed by atoms with Crippen LogP contribution in [0.5, 0.6) is 5.75 Å². The van der Waals surface area contributed by atoms with E-state index < -0.39 is 0 Å². The maximum absolute atomic E-state index is 12.8. The highest BCUT2D eigenvalue weighted by Crippen LogP contribution is 2.14. The number of nitrogens with zero attached hydrogens (tertiary/aromatic N) is 2. The summed E-state index contributed by atoms with van der Waals surface area (Å²) < 4.78 is 18.3. The summed E-state index contributed by atoms with van der Waals surface area (Å²) in [6.07, 6.45) is 0.775. The van der Waals surface area contributed by atoms with Crippen LogP contribution in [0.4, 0.5) is 9.52 Å². The number of halogens is 1. The SMILES string of the molecule is Cc1csc(NC(=O)CN(C)CCCOc2ccc(F)cc2)n1. The Kier molecular flexibility index (Phi) is 6.49. The molecule has 0 saturated carbocycles. The third-order valence-electron chi connectivity index (χ3n) is 3.05. The molecule has 2 aromatic rings. The van der Waals surface area contributed by atoms with Crippen LogP contribution in [0.15, 0.2) is 29.6 Å². The molecule has 0 saturated heterocycles. The molecule has 1 aromatic heterocycles. The lowest BCUT2D eigenvalue weighted by Gasteiger charge is -2.15. The Balaban J connectivity index is 1.61. The van der Waals surface area contributed by atoms with E-state index in [-0.39, 0.29) is 11.7 Å². The zero-order chi connectivity index (χ0) is 16.7. The molecule has 1 heterocycles. The summed E-state index contributed by atoms with van der Waals surface area (Å²) in [5.41, 5.74) is 0.900. The second-order valence-electron chi connectivity index (χ2n) is 5.24. The molecule has 124 valence electrons. The average molecular weight is 337 g/mol. The fraction of sp³-hybridized carbons (Fsp3) is 0.375. The first-order chi connectivity index (χ1) is 11.0. The highest BCUT2D eigenvalue weighted by molar-refractivity contribution is 7.13. The number of aromatic nitrogens is 1. The van der Waals surface area contributed by atoms with Crippen molar-refractivity contribution < 1.29 is 13.9 Å². The van der Waals surface area contributed by atoms with E-state index >= 15 is 0 Å². The number of carbonyl (C=O) groups is 1. The molecule has 0 bridgehead atoms. The first-order valence-corrected chi connectivity index (χ1v) is 8.20. The zero-order valence-corrected chi connectivity index (χ0v) is 14.0. The molecular formula is C16H20FN3O2S. The summed E-state index contributed by atoms with van der Waals surface area (Å²) in [6.45, 7) is 3.43. The number of nitrogens with one attached hydrogen (secondary N) is 1. The van der Waals surface area contributed by atoms with Crippen molar-refractivity contribution >= 4 is 22.4 Å². The van der Waals surface area contributed by atoms with Crippen LogP contribution in [0.25, 0.3) is 0 Å². The summed E-state index contributed by atoms with van der Waals surface area (Å²) in [7, 11) is 1.88. The number of thiazole rings is 1. The van der Waals surface area contributed by atoms with Crippen LogP contribution < -0.4 is 10.1 Å². The molecule has 2 rings (SSSR count). The minimum atomic E-state index is -0.279. The van der Waals surface area contributed by atoms with Gasteiger partial charge in [-0.15, -0.1) is 11.3 Å². The van der Waals surface area contributed by atoms with Crippen LogP contribution in [0.2, 0.25) is 0 Å². The second-order valence-corrected chi connectivity index (χ2v) is 6.09. The van der Waals surface area contributed by atoms with Crippen LogP contribution in [0, 0.1) is 12.7 Å². The zero-order valence-electron chi connectivity index (χ0n) is 13.2. The van der Waals surface area contributed by atoms with Crippen molar-refractivity contribution in [2.24, 2.45) is 0 Å². The molecule has 7 heteroatoms. The highest BCUT2D eigenvalue weighted by Gasteiger charge is 2.08. The van der Waals surface area contributed by atoms with Gasteiger partial charge in [0, 0.05) is 11.9 Å². The molecule has 0 spiro atoms. The summed E-state index contributed by atoms with van der Waals surface area (Å²) in [6, 6.07) is 5.93. The number of hydrogen-bond acceptors (Lipinski definition) is 5. The van der Waals surface area contributed by atoms with Gasteiger partial charge in [0.25, 0.3) is 0 Å². The molecule has 0 aliphatic rings. The number of amides is 1. The summed E-state index contributed by atoms with van der Waals surface area (Å²) in [4.78, 5) is 18.0. The van der Waals surface area contributed by atoms with Gasteiger partial charge >= 0.3 is 0 Å². The highest BCUT2D eigenvalue weighted by atomic mass is 32.1. The van der Waals surface area contributed by atoms with Gasteiger partial charge in [-0.2, -0.15) is 0 Å². The largest absolute Gasteiger partial charge is 0.494 e. The van der Waals surface area contributed by atoms with Crippen molar-refractivity contribution in [3.05, 3.63) is 41.2 Å². The Morgan fingerprint density at radius 1 is 1.39 bits per heavy atom. The fourth-order valence-corrected chi connectivity index (χ4v) is 2.65. The smallest absolute Gasteiger partial charge is 0.240 e. The number of ether oxygens (including phenoxy) is 1. The van der Waals surface area contributed by atoms with E-state index in [1.807, 2.05) is 24.3 Å². The van der Waals surface area contributed by atoms with Crippen LogP contribution in [0.3, 0.4) is 0 Å². The van der Waals surface area contributed by atoms with Gasteiger partial charge < -0.3 is 10.1 Å². The van der Waals surface area contributed by atoms with Gasteiger partial charge in [0.2, 0.25) is 5.91 Å². The van der Waals surface area contributed by atoms with Crippen molar-refractivity contribution in [1.82, 2.24) is 9.88 Å². The maximum atomic E-state index is 12.8. The molecule has 23 heavy (non-hydrogen) atoms. The van der Waals surface area contributed by atoms with Crippen molar-refractivity contribution in [1.29, 1.82) is 0 Å². The topological polar surface area (TPSA) is 54.5 Å². The number of benzene rings is 1. The third kappa shape index (κ3) is 6.33. The number of aryl methyl sites for hydroxylation is 1. The minimum Gasteiger partial charge on any atom is -0.494 e. The van der Waals surface area contributed by atoms with Gasteiger partial charge in [-0.05, 0) is 44.7 Å². The lowest BCUT2D eigenvalue weighted by molar-refractivity contribution is -0.117. The molecule has 1 aromatic carbocycles. The Bertz CT molecular complexity index is 631. The van der Waals surface area contributed by atoms with Gasteiger partial charge in [-0.3, -0.25) is 9.69 Å². The van der Waals surface area contributed by atoms with E-state index in [9.17, 15) is 9.18 Å². The molecule has 0 aliphatic heterocycles. The Morgan fingerprint density at radius 3 is 2.78 bits per heavy atom. The van der Waals surface area contributed by atoms with Crippen molar-refractivity contribution in [3.8, 4) is 5.75 Å². The lowest BCUT2D eigenvalue weighted by atomic mass is 10.3. The van der Waals surface area contributed by atoms with E-state index in [4.69, 9.17) is 4.74 Å². The predicted molar refractivity (Wildman–Crippen MR) is 89.5 cm³/mol. The van der Waals surface area contributed by atoms with E-state index in [2.05, 4.69) is 10.3 Å². The number of rotatable bonds is 8. The molecule has 0 unspecified atom stereocenters. The third-order valence-corrected chi connectivity index (χ3v) is 3.92. The summed E-state index contributed by atoms with van der Waals surface area (Å²) >= 11 is 1.42. The molecule has 0 radical (unpaired) electrons. The van der Waals surface area contributed by atoms with Gasteiger partial charge in [-0.1, -0.05) is 0 Å². The van der Waals surface area contributed by atoms with Crippen molar-refractivity contribution in [2.75, 3.05) is 32.1 Å². The molecule has 5 nitrogen and oxygen atoms in total. The van der Waals surface area contributed by atoms with Gasteiger partial charge in [0.1, 0.15) is 11.6 Å². The van der Waals surface area contributed by atoms with Crippen LogP contribution in [0.1, 0.15) is 12.1 Å². The first kappa shape index (κ1) is 17.4. The molecular weight excluding hydrogens is 317 g/mol. The van der Waals surface area contributed by atoms with Crippen molar-refractivity contribution in [3.63, 3.8) is 0 Å². The molecule has 0 aliphatic carbocycles. The predicted octanol–water partition coefficient (Wildman–Crippen LogP) is 2.93. The van der Waals surface area contributed by atoms with Crippen LogP contribution in [-0.2, 0) is 4.79 Å². The lowest BCUT2D eigenvalue weighted by Crippen LogP contribution is -2.31. The Hall–Kier alpha value is -1.99. The Labute approximate surface area is 139 Å². The number of carbonyl (C=O) groups excluding carboxylic acids is 1. The maximum Gasteiger partial charge on any atom is 0.240 e.